The number of halogens is 3. The number of hydrogen-bond acceptors (Lipinski definition) is 6. The number of carbonyl (C=O) groups excluding carboxylic acids is 1. The van der Waals surface area contributed by atoms with E-state index < -0.39 is 23.3 Å². The molecule has 0 radical (unpaired) electrons. The van der Waals surface area contributed by atoms with Crippen molar-refractivity contribution in [3.05, 3.63) is 53.2 Å². The van der Waals surface area contributed by atoms with Gasteiger partial charge in [0.1, 0.15) is 23.3 Å². The van der Waals surface area contributed by atoms with Gasteiger partial charge in [-0.2, -0.15) is 0 Å². The summed E-state index contributed by atoms with van der Waals surface area (Å²) < 4.78 is 42.6. The molecule has 3 aromatic rings. The number of nitrogens with zero attached hydrogens (tertiary/aromatic N) is 4. The maximum absolute atomic E-state index is 14.9. The number of alkyl halides is 2. The fourth-order valence-corrected chi connectivity index (χ4v) is 4.30. The van der Waals surface area contributed by atoms with Crippen LogP contribution in [0.5, 0.6) is 0 Å². The highest BCUT2D eigenvalue weighted by molar-refractivity contribution is 5.90. The Kier molecular flexibility index (Phi) is 6.33. The average molecular weight is 473 g/mol. The Bertz CT molecular complexity index is 1230. The minimum Gasteiger partial charge on any atom is -0.363 e. The minimum atomic E-state index is -3.29. The van der Waals surface area contributed by atoms with E-state index in [2.05, 4.69) is 30.5 Å². The summed E-state index contributed by atoms with van der Waals surface area (Å²) in [6.07, 6.45) is 2.46. The lowest BCUT2D eigenvalue weighted by molar-refractivity contribution is -0.119. The third-order valence-corrected chi connectivity index (χ3v) is 5.92. The van der Waals surface area contributed by atoms with Crippen LogP contribution in [0.2, 0.25) is 0 Å². The fraction of sp³-hybridized carbons (Fsp3) is 0.417. The largest absolute Gasteiger partial charge is 0.363 e. The molecule has 1 fully saturated rings. The van der Waals surface area contributed by atoms with Gasteiger partial charge in [-0.05, 0) is 26.3 Å². The molecule has 0 saturated carbocycles. The van der Waals surface area contributed by atoms with Crippen molar-refractivity contribution >= 4 is 28.4 Å². The van der Waals surface area contributed by atoms with Crippen molar-refractivity contribution in [2.24, 2.45) is 0 Å². The van der Waals surface area contributed by atoms with Crippen molar-refractivity contribution in [1.82, 2.24) is 20.3 Å². The summed E-state index contributed by atoms with van der Waals surface area (Å²) in [7, 11) is 0. The zero-order valence-corrected chi connectivity index (χ0v) is 19.5. The number of nitrogens with one attached hydrogen (secondary N) is 2. The number of amides is 1. The molecule has 1 aliphatic heterocycles. The number of benzene rings is 1. The van der Waals surface area contributed by atoms with Crippen molar-refractivity contribution in [2.75, 3.05) is 23.3 Å². The fourth-order valence-electron chi connectivity index (χ4n) is 4.30. The van der Waals surface area contributed by atoms with Gasteiger partial charge in [-0.15, -0.1) is 0 Å². The summed E-state index contributed by atoms with van der Waals surface area (Å²) in [5.41, 5.74) is 0.0879. The predicted octanol–water partition coefficient (Wildman–Crippen LogP) is 4.47. The van der Waals surface area contributed by atoms with Gasteiger partial charge in [0, 0.05) is 43.9 Å². The van der Waals surface area contributed by atoms with E-state index in [4.69, 9.17) is 0 Å². The van der Waals surface area contributed by atoms with Crippen LogP contribution in [0.3, 0.4) is 0 Å². The first-order chi connectivity index (χ1) is 16.0. The van der Waals surface area contributed by atoms with Gasteiger partial charge in [-0.1, -0.05) is 18.2 Å². The van der Waals surface area contributed by atoms with Crippen molar-refractivity contribution in [2.45, 2.75) is 52.1 Å². The van der Waals surface area contributed by atoms with Crippen LogP contribution in [0.25, 0.3) is 10.9 Å². The van der Waals surface area contributed by atoms with E-state index in [0.717, 1.165) is 19.0 Å². The number of carbonyl (C=O) groups is 1. The summed E-state index contributed by atoms with van der Waals surface area (Å²) in [5, 5.41) is 6.79. The molecule has 2 N–H and O–H groups in total. The third-order valence-electron chi connectivity index (χ3n) is 5.92. The van der Waals surface area contributed by atoms with Crippen molar-refractivity contribution in [3.8, 4) is 0 Å². The predicted molar refractivity (Wildman–Crippen MR) is 125 cm³/mol. The Labute approximate surface area is 195 Å². The molecule has 0 bridgehead atoms. The van der Waals surface area contributed by atoms with Gasteiger partial charge in [0.05, 0.1) is 23.3 Å². The van der Waals surface area contributed by atoms with Gasteiger partial charge in [0.25, 0.3) is 5.92 Å². The molecular formula is C24H27F3N6O. The quantitative estimate of drug-likeness (QED) is 0.551. The molecule has 0 aliphatic carbocycles. The number of anilines is 2. The maximum atomic E-state index is 14.9. The number of aromatic nitrogens is 3. The van der Waals surface area contributed by atoms with Crippen LogP contribution in [0, 0.1) is 12.7 Å². The topological polar surface area (TPSA) is 83.0 Å². The van der Waals surface area contributed by atoms with E-state index in [1.54, 1.807) is 20.0 Å². The minimum absolute atomic E-state index is 0.0498. The van der Waals surface area contributed by atoms with Gasteiger partial charge in [-0.25, -0.2) is 28.1 Å². The third kappa shape index (κ3) is 4.90. The SMILES string of the molecule is CC(=O)N[C@@H]1CCN(c2cc3c(N[C@H](C)c4cccc(C(C)(F)F)c4F)nc(C)nc3cn2)C1. The molecule has 7 nitrogen and oxygen atoms in total. The maximum Gasteiger partial charge on any atom is 0.273 e. The summed E-state index contributed by atoms with van der Waals surface area (Å²) in [4.78, 5) is 26.9. The monoisotopic (exact) mass is 472 g/mol. The van der Waals surface area contributed by atoms with Gasteiger partial charge < -0.3 is 15.5 Å². The highest BCUT2D eigenvalue weighted by atomic mass is 19.3. The van der Waals surface area contributed by atoms with Crippen LogP contribution >= 0.6 is 0 Å². The summed E-state index contributed by atoms with van der Waals surface area (Å²) in [5.74, 6) is -2.62. The lowest BCUT2D eigenvalue weighted by atomic mass is 10.0. The molecule has 3 heterocycles. The van der Waals surface area contributed by atoms with Crippen molar-refractivity contribution in [3.63, 3.8) is 0 Å². The van der Waals surface area contributed by atoms with Gasteiger partial charge >= 0.3 is 0 Å². The van der Waals surface area contributed by atoms with E-state index >= 15 is 0 Å². The molecule has 0 spiro atoms. The number of fused-ring (bicyclic) bond motifs is 1. The Balaban J connectivity index is 1.65. The molecule has 10 heteroatoms. The molecule has 2 atom stereocenters. The lowest BCUT2D eigenvalue weighted by Crippen LogP contribution is -2.35. The number of pyridine rings is 1. The second-order valence-corrected chi connectivity index (χ2v) is 8.77. The van der Waals surface area contributed by atoms with Crippen LogP contribution in [0.1, 0.15) is 50.2 Å². The van der Waals surface area contributed by atoms with Gasteiger partial charge in [0.15, 0.2) is 0 Å². The second-order valence-electron chi connectivity index (χ2n) is 8.77. The van der Waals surface area contributed by atoms with Crippen LogP contribution in [-0.4, -0.2) is 40.0 Å². The molecule has 2 aromatic heterocycles. The van der Waals surface area contributed by atoms with Gasteiger partial charge in [-0.3, -0.25) is 4.79 Å². The van der Waals surface area contributed by atoms with Crippen LogP contribution in [0.15, 0.2) is 30.5 Å². The second kappa shape index (κ2) is 9.08. The molecule has 1 amide bonds. The zero-order chi connectivity index (χ0) is 24.6. The first-order valence-electron chi connectivity index (χ1n) is 11.1. The normalized spacial score (nSPS) is 17.1. The molecule has 1 aliphatic rings. The van der Waals surface area contributed by atoms with Crippen LogP contribution in [-0.2, 0) is 10.7 Å². The number of hydrogen-bond donors (Lipinski definition) is 2. The smallest absolute Gasteiger partial charge is 0.273 e. The van der Waals surface area contributed by atoms with E-state index in [0.29, 0.717) is 41.8 Å². The van der Waals surface area contributed by atoms with Crippen molar-refractivity contribution < 1.29 is 18.0 Å². The number of rotatable bonds is 6. The van der Waals surface area contributed by atoms with E-state index in [-0.39, 0.29) is 17.5 Å². The first-order valence-corrected chi connectivity index (χ1v) is 11.1. The molecule has 4 rings (SSSR count). The molecule has 34 heavy (non-hydrogen) atoms. The van der Waals surface area contributed by atoms with Crippen molar-refractivity contribution in [1.29, 1.82) is 0 Å². The van der Waals surface area contributed by atoms with E-state index in [9.17, 15) is 18.0 Å². The molecule has 1 saturated heterocycles. The first kappa shape index (κ1) is 23.7. The molecule has 1 aromatic carbocycles. The number of aryl methyl sites for hydroxylation is 1. The standard InChI is InChI=1S/C24H27F3N6O/c1-13(17-6-5-7-19(22(17)25)24(4,26)27)29-23-18-10-21(28-11-20(18)30-14(2)31-23)33-9-8-16(12-33)32-15(3)34/h5-7,10-11,13,16H,8-9,12H2,1-4H3,(H,32,34)(H,29,30,31)/t13-,16-/m1/s1. The van der Waals surface area contributed by atoms with Gasteiger partial charge in [0.2, 0.25) is 5.91 Å². The van der Waals surface area contributed by atoms with Crippen LogP contribution in [0.4, 0.5) is 24.8 Å². The zero-order valence-electron chi connectivity index (χ0n) is 19.5. The van der Waals surface area contributed by atoms with E-state index in [1.165, 1.54) is 19.1 Å². The average Bonchev–Trinajstić information content (AvgIpc) is 3.20. The molecule has 0 unspecified atom stereocenters. The van der Waals surface area contributed by atoms with E-state index in [1.807, 2.05) is 6.07 Å². The Morgan fingerprint density at radius 2 is 2.06 bits per heavy atom. The Hall–Kier alpha value is -3.43. The Morgan fingerprint density at radius 3 is 2.76 bits per heavy atom. The molecular weight excluding hydrogens is 445 g/mol. The lowest BCUT2D eigenvalue weighted by Gasteiger charge is -2.21. The molecule has 180 valence electrons. The summed E-state index contributed by atoms with van der Waals surface area (Å²) >= 11 is 0. The van der Waals surface area contributed by atoms with Crippen LogP contribution < -0.4 is 15.5 Å². The highest BCUT2D eigenvalue weighted by Gasteiger charge is 2.30. The Morgan fingerprint density at radius 1 is 1.29 bits per heavy atom. The highest BCUT2D eigenvalue weighted by Crippen LogP contribution is 2.34. The summed E-state index contributed by atoms with van der Waals surface area (Å²) in [6, 6.07) is 5.28. The summed E-state index contributed by atoms with van der Waals surface area (Å²) in [6.45, 7) is 6.97.